The van der Waals surface area contributed by atoms with Gasteiger partial charge in [-0.15, -0.1) is 0 Å². The van der Waals surface area contributed by atoms with Crippen LogP contribution in [0.4, 0.5) is 0 Å². The highest BCUT2D eigenvalue weighted by Gasteiger charge is 2.23. The van der Waals surface area contributed by atoms with E-state index in [4.69, 9.17) is 9.84 Å². The number of nitrogens with one attached hydrogen (secondary N) is 3. The molecule has 0 aliphatic rings. The summed E-state index contributed by atoms with van der Waals surface area (Å²) in [6, 6.07) is 0. The lowest BCUT2D eigenvalue weighted by Gasteiger charge is -2.30. The van der Waals surface area contributed by atoms with Gasteiger partial charge in [-0.3, -0.25) is 14.4 Å². The molecule has 0 aromatic carbocycles. The summed E-state index contributed by atoms with van der Waals surface area (Å²) in [5.41, 5.74) is -0.557. The van der Waals surface area contributed by atoms with Crippen LogP contribution in [-0.2, 0) is 19.1 Å². The van der Waals surface area contributed by atoms with Crippen LogP contribution in [-0.4, -0.2) is 61.3 Å². The van der Waals surface area contributed by atoms with Crippen molar-refractivity contribution >= 4 is 17.7 Å². The Morgan fingerprint density at radius 3 is 1.71 bits per heavy atom. The number of aliphatic hydroxyl groups is 1. The Labute approximate surface area is 213 Å². The zero-order valence-electron chi connectivity index (χ0n) is 23.5. The second-order valence-electron chi connectivity index (χ2n) is 11.8. The molecule has 206 valence electrons. The van der Waals surface area contributed by atoms with Crippen LogP contribution in [0.3, 0.4) is 0 Å². The van der Waals surface area contributed by atoms with E-state index in [9.17, 15) is 14.4 Å². The highest BCUT2D eigenvalue weighted by Crippen LogP contribution is 2.22. The topological polar surface area (TPSA) is 117 Å². The molecule has 0 aromatic rings. The Morgan fingerprint density at radius 2 is 1.20 bits per heavy atom. The first-order valence-electron chi connectivity index (χ1n) is 13.3. The summed E-state index contributed by atoms with van der Waals surface area (Å²) in [6.07, 6.45) is 5.79. The van der Waals surface area contributed by atoms with Crippen molar-refractivity contribution in [3.63, 3.8) is 0 Å². The summed E-state index contributed by atoms with van der Waals surface area (Å²) in [6.45, 7) is 16.7. The molecule has 0 aliphatic heterocycles. The highest BCUT2D eigenvalue weighted by atomic mass is 16.5. The van der Waals surface area contributed by atoms with Crippen LogP contribution >= 0.6 is 0 Å². The lowest BCUT2D eigenvalue weighted by atomic mass is 9.89. The number of rotatable bonds is 20. The normalized spacial score (nSPS) is 12.3. The monoisotopic (exact) mass is 499 g/mol. The van der Waals surface area contributed by atoms with Gasteiger partial charge in [0.1, 0.15) is 0 Å². The van der Waals surface area contributed by atoms with Crippen molar-refractivity contribution in [1.29, 1.82) is 0 Å². The molecule has 8 heteroatoms. The van der Waals surface area contributed by atoms with Crippen LogP contribution < -0.4 is 16.0 Å². The number of aliphatic hydroxyl groups excluding tert-OH is 1. The molecule has 0 bridgehead atoms. The fraction of sp³-hybridized carbons (Fsp3) is 0.889. The average Bonchev–Trinajstić information content (AvgIpc) is 2.74. The van der Waals surface area contributed by atoms with Crippen molar-refractivity contribution in [2.45, 2.75) is 112 Å². The highest BCUT2D eigenvalue weighted by molar-refractivity contribution is 5.78. The fourth-order valence-corrected chi connectivity index (χ4v) is 3.35. The molecule has 0 aromatic heterocycles. The first kappa shape index (κ1) is 33.3. The zero-order valence-corrected chi connectivity index (χ0v) is 23.5. The first-order chi connectivity index (χ1) is 16.2. The predicted molar refractivity (Wildman–Crippen MR) is 141 cm³/mol. The SMILES string of the molecule is CCCCC(=O)NCC(C)(C)CCOC(C)(C)CCNC(=O)CCCC(=O)NCC(C)(C)CCO. The number of hydrogen-bond acceptors (Lipinski definition) is 5. The molecule has 0 saturated heterocycles. The quantitative estimate of drug-likeness (QED) is 0.204. The summed E-state index contributed by atoms with van der Waals surface area (Å²) in [7, 11) is 0. The Kier molecular flexibility index (Phi) is 16.1. The minimum atomic E-state index is -0.366. The molecule has 8 nitrogen and oxygen atoms in total. The molecule has 0 aliphatic carbocycles. The maximum Gasteiger partial charge on any atom is 0.220 e. The van der Waals surface area contributed by atoms with Crippen LogP contribution in [0.5, 0.6) is 0 Å². The molecule has 3 amide bonds. The van der Waals surface area contributed by atoms with E-state index < -0.39 is 0 Å². The van der Waals surface area contributed by atoms with E-state index in [0.717, 1.165) is 19.3 Å². The Balaban J connectivity index is 4.03. The van der Waals surface area contributed by atoms with Gasteiger partial charge in [0, 0.05) is 52.1 Å². The lowest BCUT2D eigenvalue weighted by molar-refractivity contribution is -0.123. The Morgan fingerprint density at radius 1 is 0.714 bits per heavy atom. The van der Waals surface area contributed by atoms with E-state index in [1.165, 1.54) is 0 Å². The number of carbonyl (C=O) groups is 3. The molecule has 0 saturated carbocycles. The van der Waals surface area contributed by atoms with Gasteiger partial charge in [-0.2, -0.15) is 0 Å². The summed E-state index contributed by atoms with van der Waals surface area (Å²) in [5.74, 6) is -0.0181. The van der Waals surface area contributed by atoms with Crippen molar-refractivity contribution in [1.82, 2.24) is 16.0 Å². The first-order valence-corrected chi connectivity index (χ1v) is 13.3. The van der Waals surface area contributed by atoms with Crippen LogP contribution in [0, 0.1) is 10.8 Å². The van der Waals surface area contributed by atoms with Gasteiger partial charge in [-0.05, 0) is 56.8 Å². The number of carbonyl (C=O) groups excluding carboxylic acids is 3. The lowest BCUT2D eigenvalue weighted by Crippen LogP contribution is -2.36. The minimum Gasteiger partial charge on any atom is -0.396 e. The molecule has 0 unspecified atom stereocenters. The minimum absolute atomic E-state index is 0.0486. The smallest absolute Gasteiger partial charge is 0.220 e. The van der Waals surface area contributed by atoms with Crippen LogP contribution in [0.15, 0.2) is 0 Å². The Bertz CT molecular complexity index is 632. The maximum atomic E-state index is 12.1. The zero-order chi connectivity index (χ0) is 27.0. The van der Waals surface area contributed by atoms with Gasteiger partial charge in [0.15, 0.2) is 0 Å². The molecule has 4 N–H and O–H groups in total. The molecule has 0 heterocycles. The fourth-order valence-electron chi connectivity index (χ4n) is 3.35. The van der Waals surface area contributed by atoms with E-state index in [1.807, 2.05) is 27.7 Å². The van der Waals surface area contributed by atoms with Crippen molar-refractivity contribution < 1.29 is 24.2 Å². The molecule has 0 spiro atoms. The number of unbranched alkanes of at least 4 members (excludes halogenated alkanes) is 1. The molecule has 0 radical (unpaired) electrons. The van der Waals surface area contributed by atoms with Crippen molar-refractivity contribution in [3.05, 3.63) is 0 Å². The summed E-state index contributed by atoms with van der Waals surface area (Å²) in [4.78, 5) is 35.9. The third-order valence-electron chi connectivity index (χ3n) is 6.20. The predicted octanol–water partition coefficient (Wildman–Crippen LogP) is 3.71. The second-order valence-corrected chi connectivity index (χ2v) is 11.8. The van der Waals surface area contributed by atoms with Gasteiger partial charge in [0.2, 0.25) is 17.7 Å². The van der Waals surface area contributed by atoms with Crippen LogP contribution in [0.1, 0.15) is 106 Å². The van der Waals surface area contributed by atoms with Gasteiger partial charge in [0.25, 0.3) is 0 Å². The van der Waals surface area contributed by atoms with E-state index in [0.29, 0.717) is 64.8 Å². The van der Waals surface area contributed by atoms with Crippen molar-refractivity contribution in [2.75, 3.05) is 32.8 Å². The van der Waals surface area contributed by atoms with Gasteiger partial charge >= 0.3 is 0 Å². The van der Waals surface area contributed by atoms with E-state index in [2.05, 4.69) is 36.7 Å². The van der Waals surface area contributed by atoms with Gasteiger partial charge in [-0.1, -0.05) is 41.0 Å². The summed E-state index contributed by atoms with van der Waals surface area (Å²) < 4.78 is 6.07. The standard InChI is InChI=1S/C27H53N3O5/c1-8-9-11-23(33)30-21-26(4,5)16-19-35-27(6,7)14-17-28-22(32)12-10-13-24(34)29-20-25(2,3)15-18-31/h31H,8-21H2,1-7H3,(H,28,32)(H,29,34)(H,30,33). The number of hydrogen-bond donors (Lipinski definition) is 4. The maximum absolute atomic E-state index is 12.1. The Hall–Kier alpha value is -1.67. The number of amides is 3. The second kappa shape index (κ2) is 16.9. The molecular formula is C27H53N3O5. The van der Waals surface area contributed by atoms with E-state index in [-0.39, 0.29) is 40.8 Å². The number of ether oxygens (including phenoxy) is 1. The van der Waals surface area contributed by atoms with E-state index in [1.54, 1.807) is 0 Å². The van der Waals surface area contributed by atoms with Gasteiger partial charge in [0.05, 0.1) is 5.60 Å². The average molecular weight is 500 g/mol. The summed E-state index contributed by atoms with van der Waals surface area (Å²) in [5, 5.41) is 17.9. The molecule has 0 atom stereocenters. The van der Waals surface area contributed by atoms with Gasteiger partial charge in [-0.25, -0.2) is 0 Å². The molecule has 0 rings (SSSR count). The van der Waals surface area contributed by atoms with Gasteiger partial charge < -0.3 is 25.8 Å². The third kappa shape index (κ3) is 19.2. The third-order valence-corrected chi connectivity index (χ3v) is 6.20. The molecule has 0 fully saturated rings. The van der Waals surface area contributed by atoms with Crippen molar-refractivity contribution in [2.24, 2.45) is 10.8 Å². The molecule has 35 heavy (non-hydrogen) atoms. The summed E-state index contributed by atoms with van der Waals surface area (Å²) >= 11 is 0. The largest absolute Gasteiger partial charge is 0.396 e. The van der Waals surface area contributed by atoms with Crippen LogP contribution in [0.2, 0.25) is 0 Å². The molecular weight excluding hydrogens is 446 g/mol. The van der Waals surface area contributed by atoms with E-state index >= 15 is 0 Å². The van der Waals surface area contributed by atoms with Crippen LogP contribution in [0.25, 0.3) is 0 Å². The van der Waals surface area contributed by atoms with Crippen molar-refractivity contribution in [3.8, 4) is 0 Å².